The molecule has 1 aromatic carbocycles. The highest BCUT2D eigenvalue weighted by Crippen LogP contribution is 2.30. The molecule has 0 atom stereocenters. The van der Waals surface area contributed by atoms with Crippen molar-refractivity contribution in [2.24, 2.45) is 0 Å². The van der Waals surface area contributed by atoms with E-state index in [0.717, 1.165) is 5.56 Å². The normalized spacial score (nSPS) is 10.2. The lowest BCUT2D eigenvalue weighted by molar-refractivity contribution is -0.131. The van der Waals surface area contributed by atoms with Crippen LogP contribution in [0.1, 0.15) is 35.7 Å². The number of carbonyl (C=O) groups excluding carboxylic acids is 1. The second-order valence-corrected chi connectivity index (χ2v) is 3.72. The lowest BCUT2D eigenvalue weighted by Gasteiger charge is -2.14. The van der Waals surface area contributed by atoms with Crippen LogP contribution in [0.25, 0.3) is 0 Å². The van der Waals surface area contributed by atoms with Gasteiger partial charge in [0.15, 0.2) is 0 Å². The van der Waals surface area contributed by atoms with E-state index in [1.807, 2.05) is 19.9 Å². The number of benzene rings is 1. The number of carbonyl (C=O) groups is 2. The van der Waals surface area contributed by atoms with Crippen molar-refractivity contribution >= 4 is 11.8 Å². The molecule has 0 spiro atoms. The molecule has 1 rings (SSSR count). The number of carboxylic acids is 1. The lowest BCUT2D eigenvalue weighted by atomic mass is 9.97. The van der Waals surface area contributed by atoms with E-state index >= 15 is 0 Å². The summed E-state index contributed by atoms with van der Waals surface area (Å²) in [4.78, 5) is 22.1. The number of para-hydroxylation sites is 1. The van der Waals surface area contributed by atoms with Crippen LogP contribution >= 0.6 is 0 Å². The van der Waals surface area contributed by atoms with Crippen LogP contribution < -0.4 is 4.74 Å². The molecule has 0 aliphatic rings. The Labute approximate surface area is 93.9 Å². The molecule has 0 radical (unpaired) electrons. The average Bonchev–Trinajstić information content (AvgIpc) is 2.26. The molecule has 0 heterocycles. The van der Waals surface area contributed by atoms with Gasteiger partial charge in [-0.1, -0.05) is 26.0 Å². The molecule has 16 heavy (non-hydrogen) atoms. The number of carboxylic acid groups (broad SMARTS) is 1. The monoisotopic (exact) mass is 222 g/mol. The van der Waals surface area contributed by atoms with Crippen LogP contribution in [0.5, 0.6) is 5.75 Å². The van der Waals surface area contributed by atoms with Gasteiger partial charge in [0.05, 0.1) is 12.7 Å². The standard InChI is InChI=1S/C12H14O4/c1-7(2)8-5-4-6-9(11(8)16-3)10(13)12(14)15/h4-7H,1-3H3,(H,14,15). The maximum absolute atomic E-state index is 11.4. The van der Waals surface area contributed by atoms with Crippen LogP contribution in [0, 0.1) is 0 Å². The van der Waals surface area contributed by atoms with Gasteiger partial charge in [0.1, 0.15) is 5.75 Å². The van der Waals surface area contributed by atoms with Crippen molar-refractivity contribution in [3.8, 4) is 5.75 Å². The van der Waals surface area contributed by atoms with Crippen LogP contribution in [0.3, 0.4) is 0 Å². The zero-order valence-corrected chi connectivity index (χ0v) is 9.48. The summed E-state index contributed by atoms with van der Waals surface area (Å²) < 4.78 is 5.12. The maximum Gasteiger partial charge on any atom is 0.377 e. The number of methoxy groups -OCH3 is 1. The largest absolute Gasteiger partial charge is 0.496 e. The van der Waals surface area contributed by atoms with Gasteiger partial charge in [-0.2, -0.15) is 0 Å². The van der Waals surface area contributed by atoms with Crippen LogP contribution in [0.15, 0.2) is 18.2 Å². The van der Waals surface area contributed by atoms with Gasteiger partial charge in [-0.25, -0.2) is 4.79 Å². The molecule has 0 bridgehead atoms. The van der Waals surface area contributed by atoms with Gasteiger partial charge < -0.3 is 9.84 Å². The summed E-state index contributed by atoms with van der Waals surface area (Å²) in [6.07, 6.45) is 0. The SMILES string of the molecule is COc1c(C(=O)C(=O)O)cccc1C(C)C. The first-order valence-electron chi connectivity index (χ1n) is 4.93. The van der Waals surface area contributed by atoms with Crippen molar-refractivity contribution in [3.63, 3.8) is 0 Å². The fourth-order valence-electron chi connectivity index (χ4n) is 1.53. The number of ether oxygens (including phenoxy) is 1. The highest BCUT2D eigenvalue weighted by atomic mass is 16.5. The lowest BCUT2D eigenvalue weighted by Crippen LogP contribution is -2.14. The molecule has 0 aliphatic carbocycles. The Balaban J connectivity index is 3.35. The molecular weight excluding hydrogens is 208 g/mol. The first-order chi connectivity index (χ1) is 7.49. The summed E-state index contributed by atoms with van der Waals surface area (Å²) in [5.74, 6) is -1.90. The number of aliphatic carboxylic acids is 1. The summed E-state index contributed by atoms with van der Waals surface area (Å²) in [5.41, 5.74) is 0.927. The number of Topliss-reactive ketones (excluding diaryl/α,β-unsaturated/α-hetero) is 1. The Morgan fingerprint density at radius 1 is 1.31 bits per heavy atom. The summed E-state index contributed by atoms with van der Waals surface area (Å²) >= 11 is 0. The molecule has 4 heteroatoms. The minimum absolute atomic E-state index is 0.0983. The Kier molecular flexibility index (Phi) is 3.66. The highest BCUT2D eigenvalue weighted by molar-refractivity contribution is 6.40. The summed E-state index contributed by atoms with van der Waals surface area (Å²) in [5, 5.41) is 8.68. The summed E-state index contributed by atoms with van der Waals surface area (Å²) in [6, 6.07) is 4.94. The zero-order valence-electron chi connectivity index (χ0n) is 9.48. The Morgan fingerprint density at radius 2 is 1.94 bits per heavy atom. The molecule has 0 aliphatic heterocycles. The van der Waals surface area contributed by atoms with E-state index < -0.39 is 11.8 Å². The molecule has 0 fully saturated rings. The smallest absolute Gasteiger partial charge is 0.377 e. The first kappa shape index (κ1) is 12.2. The van der Waals surface area contributed by atoms with Crippen molar-refractivity contribution < 1.29 is 19.4 Å². The van der Waals surface area contributed by atoms with Crippen molar-refractivity contribution in [1.29, 1.82) is 0 Å². The summed E-state index contributed by atoms with van der Waals surface area (Å²) in [6.45, 7) is 3.90. The molecule has 0 amide bonds. The van der Waals surface area contributed by atoms with Gasteiger partial charge in [0.25, 0.3) is 5.78 Å². The number of hydrogen-bond donors (Lipinski definition) is 1. The Bertz CT molecular complexity index is 421. The summed E-state index contributed by atoms with van der Waals surface area (Å²) in [7, 11) is 1.43. The fourth-order valence-corrected chi connectivity index (χ4v) is 1.53. The number of rotatable bonds is 4. The van der Waals surface area contributed by atoms with E-state index in [1.54, 1.807) is 6.07 Å². The topological polar surface area (TPSA) is 63.6 Å². The molecule has 86 valence electrons. The maximum atomic E-state index is 11.4. The zero-order chi connectivity index (χ0) is 12.3. The molecule has 0 unspecified atom stereocenters. The van der Waals surface area contributed by atoms with E-state index in [1.165, 1.54) is 13.2 Å². The van der Waals surface area contributed by atoms with Crippen LogP contribution in [0.2, 0.25) is 0 Å². The molecule has 0 saturated heterocycles. The Morgan fingerprint density at radius 3 is 2.38 bits per heavy atom. The van der Waals surface area contributed by atoms with Crippen LogP contribution in [-0.2, 0) is 4.79 Å². The average molecular weight is 222 g/mol. The quantitative estimate of drug-likeness (QED) is 0.625. The van der Waals surface area contributed by atoms with Crippen LogP contribution in [-0.4, -0.2) is 24.0 Å². The Hall–Kier alpha value is -1.84. The van der Waals surface area contributed by atoms with E-state index in [2.05, 4.69) is 0 Å². The van der Waals surface area contributed by atoms with E-state index in [-0.39, 0.29) is 11.5 Å². The van der Waals surface area contributed by atoms with E-state index in [0.29, 0.717) is 5.75 Å². The molecule has 0 saturated carbocycles. The third kappa shape index (κ3) is 2.21. The van der Waals surface area contributed by atoms with Gasteiger partial charge in [0, 0.05) is 0 Å². The third-order valence-corrected chi connectivity index (χ3v) is 2.31. The van der Waals surface area contributed by atoms with Gasteiger partial charge in [0.2, 0.25) is 0 Å². The second kappa shape index (κ2) is 4.79. The van der Waals surface area contributed by atoms with Gasteiger partial charge in [-0.15, -0.1) is 0 Å². The van der Waals surface area contributed by atoms with Gasteiger partial charge in [-0.3, -0.25) is 4.79 Å². The highest BCUT2D eigenvalue weighted by Gasteiger charge is 2.21. The van der Waals surface area contributed by atoms with Crippen molar-refractivity contribution in [2.75, 3.05) is 7.11 Å². The van der Waals surface area contributed by atoms with Gasteiger partial charge >= 0.3 is 5.97 Å². The molecule has 4 nitrogen and oxygen atoms in total. The third-order valence-electron chi connectivity index (χ3n) is 2.31. The minimum atomic E-state index is -1.47. The number of hydrogen-bond acceptors (Lipinski definition) is 3. The minimum Gasteiger partial charge on any atom is -0.496 e. The second-order valence-electron chi connectivity index (χ2n) is 3.72. The molecule has 1 N–H and O–H groups in total. The van der Waals surface area contributed by atoms with Crippen molar-refractivity contribution in [2.45, 2.75) is 19.8 Å². The number of ketones is 1. The molecule has 0 aromatic heterocycles. The van der Waals surface area contributed by atoms with Gasteiger partial charge in [-0.05, 0) is 17.5 Å². The van der Waals surface area contributed by atoms with E-state index in [4.69, 9.17) is 9.84 Å². The predicted octanol–water partition coefficient (Wildman–Crippen LogP) is 2.09. The predicted molar refractivity (Wildman–Crippen MR) is 59.0 cm³/mol. The fraction of sp³-hybridized carbons (Fsp3) is 0.333. The van der Waals surface area contributed by atoms with Crippen LogP contribution in [0.4, 0.5) is 0 Å². The molecule has 1 aromatic rings. The van der Waals surface area contributed by atoms with Crippen molar-refractivity contribution in [3.05, 3.63) is 29.3 Å². The molecular formula is C12H14O4. The van der Waals surface area contributed by atoms with Crippen molar-refractivity contribution in [1.82, 2.24) is 0 Å². The first-order valence-corrected chi connectivity index (χ1v) is 4.93. The van der Waals surface area contributed by atoms with E-state index in [9.17, 15) is 9.59 Å².